The highest BCUT2D eigenvalue weighted by atomic mass is 19.1. The minimum Gasteiger partial charge on any atom is -0.339 e. The number of benzene rings is 1. The summed E-state index contributed by atoms with van der Waals surface area (Å²) < 4.78 is 25.4. The van der Waals surface area contributed by atoms with Gasteiger partial charge in [0.2, 0.25) is 0 Å². The number of nitrogens with zero attached hydrogens (tertiary/aromatic N) is 1. The molecule has 0 aromatic heterocycles. The average Bonchev–Trinajstić information content (AvgIpc) is 2.16. The van der Waals surface area contributed by atoms with Crippen molar-refractivity contribution in [1.82, 2.24) is 5.32 Å². The number of halogens is 2. The lowest BCUT2D eigenvalue weighted by Crippen LogP contribution is -2.21. The molecule has 0 unspecified atom stereocenters. The molecule has 1 aromatic rings. The smallest absolute Gasteiger partial charge is 0.322 e. The Bertz CT molecular complexity index is 398. The summed E-state index contributed by atoms with van der Waals surface area (Å²) in [5.41, 5.74) is 0.134. The fraction of sp³-hybridized carbons (Fsp3) is 0.111. The highest BCUT2D eigenvalue weighted by Gasteiger charge is 2.04. The van der Waals surface area contributed by atoms with Gasteiger partial charge in [0.25, 0.3) is 0 Å². The maximum Gasteiger partial charge on any atom is 0.322 e. The van der Waals surface area contributed by atoms with Gasteiger partial charge in [0, 0.05) is 18.2 Å². The third-order valence-electron chi connectivity index (χ3n) is 1.56. The van der Waals surface area contributed by atoms with E-state index < -0.39 is 17.5 Å². The van der Waals surface area contributed by atoms with Crippen LogP contribution in [0.5, 0.6) is 0 Å². The molecule has 0 bridgehead atoms. The molecule has 0 aliphatic rings. The van der Waals surface area contributed by atoms with E-state index in [0.29, 0.717) is 6.07 Å². The molecule has 0 saturated carbocycles. The van der Waals surface area contributed by atoms with Crippen molar-refractivity contribution in [2.24, 2.45) is 0 Å². The molecule has 14 heavy (non-hydrogen) atoms. The summed E-state index contributed by atoms with van der Waals surface area (Å²) in [5.74, 6) is -2.28. The van der Waals surface area contributed by atoms with Gasteiger partial charge >= 0.3 is 5.91 Å². The van der Waals surface area contributed by atoms with Crippen LogP contribution in [0.15, 0.2) is 18.2 Å². The maximum absolute atomic E-state index is 12.9. The first-order chi connectivity index (χ1) is 6.63. The van der Waals surface area contributed by atoms with Gasteiger partial charge in [0.1, 0.15) is 11.6 Å². The Balaban J connectivity index is 2.69. The van der Waals surface area contributed by atoms with Crippen LogP contribution in [0.2, 0.25) is 0 Å². The first kappa shape index (κ1) is 10.1. The molecule has 0 heterocycles. The van der Waals surface area contributed by atoms with Crippen LogP contribution in [-0.2, 0) is 11.3 Å². The van der Waals surface area contributed by atoms with E-state index in [9.17, 15) is 13.6 Å². The Morgan fingerprint density at radius 3 is 2.79 bits per heavy atom. The lowest BCUT2D eigenvalue weighted by atomic mass is 10.2. The molecule has 1 amide bonds. The predicted octanol–water partition coefficient (Wildman–Crippen LogP) is 1.10. The number of hydrogen-bond donors (Lipinski definition) is 1. The lowest BCUT2D eigenvalue weighted by Gasteiger charge is -2.02. The van der Waals surface area contributed by atoms with Crippen LogP contribution in [0.1, 0.15) is 5.56 Å². The zero-order valence-electron chi connectivity index (χ0n) is 7.05. The van der Waals surface area contributed by atoms with Crippen LogP contribution in [0, 0.1) is 23.0 Å². The fourth-order valence-electron chi connectivity index (χ4n) is 0.880. The molecule has 0 aliphatic heterocycles. The summed E-state index contributed by atoms with van der Waals surface area (Å²) in [6, 6.07) is 4.33. The second-order valence-electron chi connectivity index (χ2n) is 2.53. The van der Waals surface area contributed by atoms with Crippen molar-refractivity contribution < 1.29 is 13.6 Å². The van der Waals surface area contributed by atoms with E-state index >= 15 is 0 Å². The third kappa shape index (κ3) is 2.52. The Hall–Kier alpha value is -1.96. The number of hydrogen-bond acceptors (Lipinski definition) is 2. The summed E-state index contributed by atoms with van der Waals surface area (Å²) in [7, 11) is 0. The summed E-state index contributed by atoms with van der Waals surface area (Å²) in [6.07, 6.45) is 0. The summed E-state index contributed by atoms with van der Waals surface area (Å²) in [6.45, 7) is -0.126. The first-order valence-electron chi connectivity index (χ1n) is 3.75. The van der Waals surface area contributed by atoms with Gasteiger partial charge in [-0.1, -0.05) is 6.07 Å². The first-order valence-corrected chi connectivity index (χ1v) is 3.75. The van der Waals surface area contributed by atoms with E-state index in [1.165, 1.54) is 12.1 Å². The van der Waals surface area contributed by atoms with Crippen molar-refractivity contribution in [2.45, 2.75) is 6.54 Å². The summed E-state index contributed by atoms with van der Waals surface area (Å²) in [5, 5.41) is 10.3. The van der Waals surface area contributed by atoms with Crippen LogP contribution < -0.4 is 5.32 Å². The van der Waals surface area contributed by atoms with E-state index in [-0.39, 0.29) is 12.1 Å². The van der Waals surface area contributed by atoms with Gasteiger partial charge in [0.15, 0.2) is 6.07 Å². The number of amides is 1. The fourth-order valence-corrected chi connectivity index (χ4v) is 0.880. The topological polar surface area (TPSA) is 52.9 Å². The molecule has 1 aromatic carbocycles. The van der Waals surface area contributed by atoms with Crippen LogP contribution in [0.3, 0.4) is 0 Å². The van der Waals surface area contributed by atoms with E-state index in [4.69, 9.17) is 5.26 Å². The molecule has 5 heteroatoms. The molecule has 1 N–H and O–H groups in total. The standard InChI is InChI=1S/C9H6F2N2O/c10-7-2-1-6(8(11)3-7)5-13-9(14)4-12/h1-3H,5H2,(H,13,14). The number of carbonyl (C=O) groups excluding carboxylic acids is 1. The number of nitrogens with one attached hydrogen (secondary N) is 1. The molecular weight excluding hydrogens is 190 g/mol. The van der Waals surface area contributed by atoms with Crippen LogP contribution in [0.25, 0.3) is 0 Å². The van der Waals surface area contributed by atoms with Crippen molar-refractivity contribution in [1.29, 1.82) is 5.26 Å². The average molecular weight is 196 g/mol. The van der Waals surface area contributed by atoms with Gasteiger partial charge in [-0.3, -0.25) is 4.79 Å². The molecular formula is C9H6F2N2O. The Labute approximate surface area is 79.0 Å². The summed E-state index contributed by atoms with van der Waals surface area (Å²) >= 11 is 0. The van der Waals surface area contributed by atoms with Crippen LogP contribution in [0.4, 0.5) is 8.78 Å². The third-order valence-corrected chi connectivity index (χ3v) is 1.56. The van der Waals surface area contributed by atoms with Crippen molar-refractivity contribution in [3.63, 3.8) is 0 Å². The molecule has 0 atom stereocenters. The molecule has 1 rings (SSSR count). The zero-order chi connectivity index (χ0) is 10.6. The van der Waals surface area contributed by atoms with Crippen molar-refractivity contribution in [2.75, 3.05) is 0 Å². The molecule has 0 aliphatic carbocycles. The molecule has 0 radical (unpaired) electrons. The Morgan fingerprint density at radius 1 is 1.50 bits per heavy atom. The van der Waals surface area contributed by atoms with E-state index in [2.05, 4.69) is 5.32 Å². The normalized spacial score (nSPS) is 9.21. The second-order valence-corrected chi connectivity index (χ2v) is 2.53. The predicted molar refractivity (Wildman–Crippen MR) is 43.8 cm³/mol. The van der Waals surface area contributed by atoms with Gasteiger partial charge in [-0.15, -0.1) is 0 Å². The molecule has 72 valence electrons. The van der Waals surface area contributed by atoms with Crippen LogP contribution >= 0.6 is 0 Å². The highest BCUT2D eigenvalue weighted by molar-refractivity contribution is 5.91. The quantitative estimate of drug-likeness (QED) is 0.720. The molecule has 3 nitrogen and oxygen atoms in total. The van der Waals surface area contributed by atoms with Gasteiger partial charge in [-0.2, -0.15) is 5.26 Å². The van der Waals surface area contributed by atoms with Crippen molar-refractivity contribution in [3.05, 3.63) is 35.4 Å². The minimum absolute atomic E-state index is 0.126. The van der Waals surface area contributed by atoms with Gasteiger partial charge < -0.3 is 5.32 Å². The second kappa shape index (κ2) is 4.33. The Morgan fingerprint density at radius 2 is 2.21 bits per heavy atom. The molecule has 0 spiro atoms. The van der Waals surface area contributed by atoms with Gasteiger partial charge in [0.05, 0.1) is 0 Å². The van der Waals surface area contributed by atoms with E-state index in [1.54, 1.807) is 0 Å². The van der Waals surface area contributed by atoms with E-state index in [1.807, 2.05) is 0 Å². The largest absolute Gasteiger partial charge is 0.339 e. The number of nitriles is 1. The molecule has 0 fully saturated rings. The van der Waals surface area contributed by atoms with Gasteiger partial charge in [-0.25, -0.2) is 8.78 Å². The maximum atomic E-state index is 12.9. The van der Waals surface area contributed by atoms with Crippen molar-refractivity contribution >= 4 is 5.91 Å². The SMILES string of the molecule is N#CC(=O)NCc1ccc(F)cc1F. The zero-order valence-corrected chi connectivity index (χ0v) is 7.05. The number of carbonyl (C=O) groups is 1. The van der Waals surface area contributed by atoms with Gasteiger partial charge in [-0.05, 0) is 6.07 Å². The minimum atomic E-state index is -0.853. The van der Waals surface area contributed by atoms with Crippen molar-refractivity contribution in [3.8, 4) is 6.07 Å². The van der Waals surface area contributed by atoms with E-state index in [0.717, 1.165) is 6.07 Å². The highest BCUT2D eigenvalue weighted by Crippen LogP contribution is 2.08. The molecule has 0 saturated heterocycles. The lowest BCUT2D eigenvalue weighted by molar-refractivity contribution is -0.116. The number of rotatable bonds is 2. The monoisotopic (exact) mass is 196 g/mol. The van der Waals surface area contributed by atoms with Crippen LogP contribution in [-0.4, -0.2) is 5.91 Å². The summed E-state index contributed by atoms with van der Waals surface area (Å²) in [4.78, 5) is 10.5. The Kier molecular flexibility index (Phi) is 3.13.